The molecule has 0 radical (unpaired) electrons. The highest BCUT2D eigenvalue weighted by Crippen LogP contribution is 2.31. The number of rotatable bonds is 3. The molecule has 4 nitrogen and oxygen atoms in total. The van der Waals surface area contributed by atoms with Gasteiger partial charge in [0.25, 0.3) is 5.56 Å². The van der Waals surface area contributed by atoms with Crippen LogP contribution in [0, 0.1) is 0 Å². The average molecular weight is 271 g/mol. The molecule has 1 atom stereocenters. The first-order chi connectivity index (χ1) is 8.95. The van der Waals surface area contributed by atoms with Crippen LogP contribution in [0.1, 0.15) is 12.5 Å². The van der Waals surface area contributed by atoms with Crippen molar-refractivity contribution in [3.8, 4) is 0 Å². The molecule has 1 aromatic heterocycles. The third-order valence-corrected chi connectivity index (χ3v) is 2.84. The summed E-state index contributed by atoms with van der Waals surface area (Å²) in [4.78, 5) is 16.0. The van der Waals surface area contributed by atoms with Crippen molar-refractivity contribution >= 4 is 10.9 Å². The van der Waals surface area contributed by atoms with Crippen LogP contribution in [0.5, 0.6) is 0 Å². The number of nitrogens with two attached hydrogens (primary N) is 1. The second kappa shape index (κ2) is 5.00. The van der Waals surface area contributed by atoms with Gasteiger partial charge in [0.15, 0.2) is 0 Å². The summed E-state index contributed by atoms with van der Waals surface area (Å²) in [5.74, 6) is 0. The van der Waals surface area contributed by atoms with Gasteiger partial charge in [-0.3, -0.25) is 9.36 Å². The molecular weight excluding hydrogens is 259 g/mol. The zero-order chi connectivity index (χ0) is 14.0. The normalized spacial score (nSPS) is 13.7. The van der Waals surface area contributed by atoms with E-state index in [0.717, 1.165) is 6.33 Å². The Labute approximate surface area is 106 Å². The number of nitrogens with zero attached hydrogens (tertiary/aromatic N) is 2. The van der Waals surface area contributed by atoms with Gasteiger partial charge in [-0.05, 0) is 25.1 Å². The fraction of sp³-hybridized carbons (Fsp3) is 0.333. The molecule has 2 rings (SSSR count). The maximum atomic E-state index is 12.9. The fourth-order valence-corrected chi connectivity index (χ4v) is 1.92. The molecule has 2 aromatic rings. The summed E-state index contributed by atoms with van der Waals surface area (Å²) in [6, 6.07) is 4.34. The van der Waals surface area contributed by atoms with E-state index in [-0.39, 0.29) is 18.4 Å². The third-order valence-electron chi connectivity index (χ3n) is 2.84. The van der Waals surface area contributed by atoms with E-state index >= 15 is 0 Å². The molecule has 0 aliphatic carbocycles. The molecule has 2 N–H and O–H groups in total. The Hall–Kier alpha value is -1.89. The Bertz CT molecular complexity index is 636. The van der Waals surface area contributed by atoms with E-state index in [1.165, 1.54) is 6.07 Å². The Balaban J connectivity index is 2.61. The molecule has 0 aliphatic rings. The zero-order valence-corrected chi connectivity index (χ0v) is 9.89. The molecule has 1 heterocycles. The lowest BCUT2D eigenvalue weighted by atomic mass is 10.2. The molecule has 0 saturated carbocycles. The lowest BCUT2D eigenvalue weighted by molar-refractivity contribution is -0.169. The van der Waals surface area contributed by atoms with Crippen LogP contribution in [0.25, 0.3) is 10.9 Å². The Morgan fingerprint density at radius 2 is 2.00 bits per heavy atom. The highest BCUT2D eigenvalue weighted by atomic mass is 19.4. The molecular formula is C12H12F3N3O. The van der Waals surface area contributed by atoms with E-state index in [1.807, 2.05) is 0 Å². The van der Waals surface area contributed by atoms with Crippen molar-refractivity contribution in [1.29, 1.82) is 0 Å². The van der Waals surface area contributed by atoms with E-state index in [4.69, 9.17) is 5.73 Å². The molecule has 0 fully saturated rings. The third kappa shape index (κ3) is 2.60. The second-order valence-corrected chi connectivity index (χ2v) is 4.11. The quantitative estimate of drug-likeness (QED) is 0.926. The topological polar surface area (TPSA) is 60.9 Å². The summed E-state index contributed by atoms with van der Waals surface area (Å²) < 4.78 is 39.4. The lowest BCUT2D eigenvalue weighted by Crippen LogP contribution is -2.35. The molecule has 1 aromatic carbocycles. The van der Waals surface area contributed by atoms with Gasteiger partial charge in [-0.15, -0.1) is 0 Å². The smallest absolute Gasteiger partial charge is 0.330 e. The number of aromatic nitrogens is 2. The molecule has 7 heteroatoms. The van der Waals surface area contributed by atoms with Gasteiger partial charge in [-0.1, -0.05) is 12.1 Å². The number of hydrogen-bond acceptors (Lipinski definition) is 3. The Kier molecular flexibility index (Phi) is 3.57. The number of benzene rings is 1. The van der Waals surface area contributed by atoms with E-state index in [2.05, 4.69) is 4.98 Å². The maximum Gasteiger partial charge on any atom is 0.409 e. The SMILES string of the molecule is NCCC(n1cnc2ccccc2c1=O)C(F)(F)F. The molecule has 0 saturated heterocycles. The van der Waals surface area contributed by atoms with Crippen LogP contribution in [-0.2, 0) is 0 Å². The van der Waals surface area contributed by atoms with Gasteiger partial charge in [-0.25, -0.2) is 4.98 Å². The summed E-state index contributed by atoms with van der Waals surface area (Å²) in [7, 11) is 0. The van der Waals surface area contributed by atoms with Crippen molar-refractivity contribution < 1.29 is 13.2 Å². The van der Waals surface area contributed by atoms with Crippen LogP contribution in [0.4, 0.5) is 13.2 Å². The van der Waals surface area contributed by atoms with Gasteiger partial charge in [0.05, 0.1) is 17.2 Å². The Morgan fingerprint density at radius 1 is 1.32 bits per heavy atom. The first kappa shape index (κ1) is 13.5. The van der Waals surface area contributed by atoms with Crippen molar-refractivity contribution in [2.75, 3.05) is 6.54 Å². The summed E-state index contributed by atoms with van der Waals surface area (Å²) in [5, 5.41) is 0.163. The van der Waals surface area contributed by atoms with Gasteiger partial charge in [0.2, 0.25) is 0 Å². The van der Waals surface area contributed by atoms with Crippen molar-refractivity contribution in [2.45, 2.75) is 18.6 Å². The van der Waals surface area contributed by atoms with Crippen molar-refractivity contribution in [3.63, 3.8) is 0 Å². The summed E-state index contributed by atoms with van der Waals surface area (Å²) in [6.07, 6.45) is -3.96. The highest BCUT2D eigenvalue weighted by Gasteiger charge is 2.41. The largest absolute Gasteiger partial charge is 0.409 e. The maximum absolute atomic E-state index is 12.9. The summed E-state index contributed by atoms with van der Waals surface area (Å²) >= 11 is 0. The number of hydrogen-bond donors (Lipinski definition) is 1. The summed E-state index contributed by atoms with van der Waals surface area (Å²) in [6.45, 7) is -0.163. The number of halogens is 3. The lowest BCUT2D eigenvalue weighted by Gasteiger charge is -2.21. The number of fused-ring (bicyclic) bond motifs is 1. The molecule has 19 heavy (non-hydrogen) atoms. The predicted octanol–water partition coefficient (Wildman–Crippen LogP) is 1.85. The first-order valence-electron chi connectivity index (χ1n) is 5.68. The minimum atomic E-state index is -4.53. The standard InChI is InChI=1S/C12H12F3N3O/c13-12(14,15)10(5-6-16)18-7-17-9-4-2-1-3-8(9)11(18)19/h1-4,7,10H,5-6,16H2. The van der Waals surface area contributed by atoms with E-state index < -0.39 is 17.8 Å². The molecule has 0 bridgehead atoms. The Morgan fingerprint density at radius 3 is 2.63 bits per heavy atom. The predicted molar refractivity (Wildman–Crippen MR) is 64.8 cm³/mol. The van der Waals surface area contributed by atoms with Gasteiger partial charge in [0, 0.05) is 0 Å². The molecule has 1 unspecified atom stereocenters. The van der Waals surface area contributed by atoms with Crippen molar-refractivity contribution in [1.82, 2.24) is 9.55 Å². The van der Waals surface area contributed by atoms with Crippen molar-refractivity contribution in [2.24, 2.45) is 5.73 Å². The van der Waals surface area contributed by atoms with Crippen molar-refractivity contribution in [3.05, 3.63) is 40.9 Å². The van der Waals surface area contributed by atoms with Crippen LogP contribution in [0.2, 0.25) is 0 Å². The first-order valence-corrected chi connectivity index (χ1v) is 5.68. The van der Waals surface area contributed by atoms with Gasteiger partial charge >= 0.3 is 6.18 Å². The van der Waals surface area contributed by atoms with Crippen LogP contribution in [0.15, 0.2) is 35.4 Å². The number of alkyl halides is 3. The van der Waals surface area contributed by atoms with Gasteiger partial charge in [-0.2, -0.15) is 13.2 Å². The van der Waals surface area contributed by atoms with Gasteiger partial charge < -0.3 is 5.73 Å². The average Bonchev–Trinajstić information content (AvgIpc) is 2.36. The highest BCUT2D eigenvalue weighted by molar-refractivity contribution is 5.76. The number of para-hydroxylation sites is 1. The zero-order valence-electron chi connectivity index (χ0n) is 9.89. The van der Waals surface area contributed by atoms with E-state index in [1.54, 1.807) is 18.2 Å². The van der Waals surface area contributed by atoms with E-state index in [0.29, 0.717) is 10.1 Å². The van der Waals surface area contributed by atoms with Crippen LogP contribution < -0.4 is 11.3 Å². The second-order valence-electron chi connectivity index (χ2n) is 4.11. The summed E-state index contributed by atoms with van der Waals surface area (Å²) in [5.41, 5.74) is 4.86. The van der Waals surface area contributed by atoms with Gasteiger partial charge in [0.1, 0.15) is 6.04 Å². The van der Waals surface area contributed by atoms with Crippen LogP contribution in [-0.4, -0.2) is 22.3 Å². The van der Waals surface area contributed by atoms with Crippen LogP contribution >= 0.6 is 0 Å². The molecule has 0 amide bonds. The molecule has 0 aliphatic heterocycles. The minimum Gasteiger partial charge on any atom is -0.330 e. The molecule has 102 valence electrons. The fourth-order valence-electron chi connectivity index (χ4n) is 1.92. The van der Waals surface area contributed by atoms with Crippen LogP contribution in [0.3, 0.4) is 0 Å². The molecule has 0 spiro atoms. The monoisotopic (exact) mass is 271 g/mol. The van der Waals surface area contributed by atoms with E-state index in [9.17, 15) is 18.0 Å². The minimum absolute atomic E-state index is 0.163.